The Labute approximate surface area is 66.1 Å². The molecule has 0 aliphatic carbocycles. The SMILES string of the molecule is N=C(Cl)/C(=C(\N)Cl)[N+](=O)[O-]. The Kier molecular flexibility index (Phi) is 3.11. The highest BCUT2D eigenvalue weighted by Gasteiger charge is 2.19. The highest BCUT2D eigenvalue weighted by molar-refractivity contribution is 6.68. The fraction of sp³-hybridized carbons (Fsp3) is 0. The first-order chi connectivity index (χ1) is 4.46. The van der Waals surface area contributed by atoms with E-state index < -0.39 is 20.9 Å². The predicted molar refractivity (Wildman–Crippen MR) is 37.6 cm³/mol. The lowest BCUT2D eigenvalue weighted by atomic mass is 10.5. The minimum Gasteiger partial charge on any atom is -0.384 e. The van der Waals surface area contributed by atoms with Crippen molar-refractivity contribution < 1.29 is 4.92 Å². The number of nitrogens with zero attached hydrogens (tertiary/aromatic N) is 1. The van der Waals surface area contributed by atoms with Gasteiger partial charge in [0.05, 0.1) is 4.92 Å². The Morgan fingerprint density at radius 1 is 1.60 bits per heavy atom. The quantitative estimate of drug-likeness (QED) is 0.288. The van der Waals surface area contributed by atoms with Crippen LogP contribution in [0.15, 0.2) is 10.9 Å². The molecular weight excluding hydrogens is 181 g/mol. The van der Waals surface area contributed by atoms with Gasteiger partial charge < -0.3 is 5.73 Å². The van der Waals surface area contributed by atoms with E-state index in [9.17, 15) is 10.1 Å². The summed E-state index contributed by atoms with van der Waals surface area (Å²) in [5.74, 6) is 0. The molecule has 0 fully saturated rings. The van der Waals surface area contributed by atoms with Gasteiger partial charge >= 0.3 is 5.70 Å². The molecule has 0 aromatic carbocycles. The van der Waals surface area contributed by atoms with Crippen LogP contribution in [0.2, 0.25) is 0 Å². The van der Waals surface area contributed by atoms with E-state index in [2.05, 4.69) is 0 Å². The van der Waals surface area contributed by atoms with E-state index in [1.807, 2.05) is 0 Å². The molecule has 0 aliphatic rings. The average Bonchev–Trinajstić information content (AvgIpc) is 1.59. The maximum atomic E-state index is 9.94. The molecule has 0 unspecified atom stereocenters. The molecule has 0 radical (unpaired) electrons. The van der Waals surface area contributed by atoms with E-state index in [0.29, 0.717) is 0 Å². The van der Waals surface area contributed by atoms with Crippen molar-refractivity contribution in [3.05, 3.63) is 21.0 Å². The van der Waals surface area contributed by atoms with Crippen molar-refractivity contribution in [1.29, 1.82) is 5.41 Å². The molecule has 0 saturated carbocycles. The van der Waals surface area contributed by atoms with Crippen molar-refractivity contribution in [2.45, 2.75) is 0 Å². The smallest absolute Gasteiger partial charge is 0.340 e. The molecule has 0 aliphatic heterocycles. The number of halogens is 2. The van der Waals surface area contributed by atoms with Crippen molar-refractivity contribution in [1.82, 2.24) is 0 Å². The second-order valence-corrected chi connectivity index (χ2v) is 2.05. The fourth-order valence-corrected chi connectivity index (χ4v) is 0.655. The molecule has 7 heteroatoms. The topological polar surface area (TPSA) is 93.0 Å². The molecule has 5 nitrogen and oxygen atoms in total. The largest absolute Gasteiger partial charge is 0.384 e. The Morgan fingerprint density at radius 2 is 2.00 bits per heavy atom. The van der Waals surface area contributed by atoms with E-state index in [-0.39, 0.29) is 0 Å². The summed E-state index contributed by atoms with van der Waals surface area (Å²) in [4.78, 5) is 9.02. The third kappa shape index (κ3) is 2.20. The zero-order valence-corrected chi connectivity index (χ0v) is 6.11. The lowest BCUT2D eigenvalue weighted by Crippen LogP contribution is -2.10. The van der Waals surface area contributed by atoms with Gasteiger partial charge in [0.1, 0.15) is 0 Å². The summed E-state index contributed by atoms with van der Waals surface area (Å²) >= 11 is 9.98. The van der Waals surface area contributed by atoms with Gasteiger partial charge in [-0.15, -0.1) is 0 Å². The monoisotopic (exact) mass is 183 g/mol. The zero-order chi connectivity index (χ0) is 8.31. The summed E-state index contributed by atoms with van der Waals surface area (Å²) in [6, 6.07) is 0. The van der Waals surface area contributed by atoms with Gasteiger partial charge in [-0.05, 0) is 0 Å². The number of allylic oxidation sites excluding steroid dienone is 1. The van der Waals surface area contributed by atoms with E-state index in [1.54, 1.807) is 0 Å². The van der Waals surface area contributed by atoms with Gasteiger partial charge in [-0.25, -0.2) is 0 Å². The van der Waals surface area contributed by atoms with E-state index in [0.717, 1.165) is 0 Å². The number of nitro groups is 1. The molecule has 0 amide bonds. The van der Waals surface area contributed by atoms with Gasteiger partial charge in [0.15, 0.2) is 5.16 Å². The molecule has 56 valence electrons. The lowest BCUT2D eigenvalue weighted by Gasteiger charge is -1.92. The van der Waals surface area contributed by atoms with Gasteiger partial charge in [0.2, 0.25) is 5.17 Å². The third-order valence-corrected chi connectivity index (χ3v) is 0.975. The maximum absolute atomic E-state index is 9.94. The molecule has 3 N–H and O–H groups in total. The fourth-order valence-electron chi connectivity index (χ4n) is 0.272. The second kappa shape index (κ2) is 3.38. The van der Waals surface area contributed by atoms with Crippen LogP contribution in [0.25, 0.3) is 0 Å². The summed E-state index contributed by atoms with van der Waals surface area (Å²) in [7, 11) is 0. The van der Waals surface area contributed by atoms with Crippen molar-refractivity contribution in [3.8, 4) is 0 Å². The summed E-state index contributed by atoms with van der Waals surface area (Å²) in [5.41, 5.74) is 4.04. The Balaban J connectivity index is 4.79. The normalized spacial score (nSPS) is 12.2. The minimum atomic E-state index is -0.919. The summed E-state index contributed by atoms with van der Waals surface area (Å²) < 4.78 is 0. The Hall–Kier alpha value is -0.810. The molecule has 0 atom stereocenters. The molecular formula is C3H3Cl2N3O2. The molecule has 10 heavy (non-hydrogen) atoms. The van der Waals surface area contributed by atoms with Crippen molar-refractivity contribution in [3.63, 3.8) is 0 Å². The second-order valence-electron chi connectivity index (χ2n) is 1.27. The predicted octanol–water partition coefficient (Wildman–Crippen LogP) is 0.846. The average molecular weight is 184 g/mol. The summed E-state index contributed by atoms with van der Waals surface area (Å²) in [5, 5.41) is 15.2. The summed E-state index contributed by atoms with van der Waals surface area (Å²) in [6.45, 7) is 0. The Morgan fingerprint density at radius 3 is 2.00 bits per heavy atom. The molecule has 0 heterocycles. The molecule has 0 bridgehead atoms. The van der Waals surface area contributed by atoms with Crippen molar-refractivity contribution in [2.24, 2.45) is 5.73 Å². The van der Waals surface area contributed by atoms with Crippen LogP contribution in [-0.4, -0.2) is 10.1 Å². The molecule has 0 aromatic rings. The highest BCUT2D eigenvalue weighted by atomic mass is 35.5. The van der Waals surface area contributed by atoms with Crippen LogP contribution in [0.4, 0.5) is 0 Å². The van der Waals surface area contributed by atoms with Crippen molar-refractivity contribution >= 4 is 28.4 Å². The lowest BCUT2D eigenvalue weighted by molar-refractivity contribution is -0.415. The van der Waals surface area contributed by atoms with Gasteiger partial charge in [-0.2, -0.15) is 0 Å². The van der Waals surface area contributed by atoms with Crippen LogP contribution >= 0.6 is 23.2 Å². The molecule has 0 saturated heterocycles. The van der Waals surface area contributed by atoms with Crippen LogP contribution in [0, 0.1) is 15.5 Å². The minimum absolute atomic E-state index is 0.593. The molecule has 0 spiro atoms. The summed E-state index contributed by atoms with van der Waals surface area (Å²) in [6.07, 6.45) is 0. The van der Waals surface area contributed by atoms with Gasteiger partial charge in [-0.3, -0.25) is 15.5 Å². The standard InChI is InChI=1S/C3H3Cl2N3O2/c4-2(6)1(3(5)7)8(9)10/h6H,7H2/b3-1+,6-2?. The van der Waals surface area contributed by atoms with E-state index in [1.165, 1.54) is 0 Å². The van der Waals surface area contributed by atoms with Crippen LogP contribution in [0.3, 0.4) is 0 Å². The van der Waals surface area contributed by atoms with Gasteiger partial charge in [0, 0.05) is 0 Å². The number of nitrogens with two attached hydrogens (primary N) is 1. The first-order valence-electron chi connectivity index (χ1n) is 2.01. The molecule has 0 rings (SSSR count). The molecule has 0 aromatic heterocycles. The van der Waals surface area contributed by atoms with Gasteiger partial charge in [-0.1, -0.05) is 23.2 Å². The Bertz CT molecular complexity index is 192. The zero-order valence-electron chi connectivity index (χ0n) is 4.60. The number of nitrogens with one attached hydrogen (secondary N) is 1. The van der Waals surface area contributed by atoms with Crippen molar-refractivity contribution in [2.75, 3.05) is 0 Å². The van der Waals surface area contributed by atoms with Crippen LogP contribution in [0.1, 0.15) is 0 Å². The number of rotatable bonds is 2. The van der Waals surface area contributed by atoms with Crippen LogP contribution in [-0.2, 0) is 0 Å². The van der Waals surface area contributed by atoms with Crippen LogP contribution in [0.5, 0.6) is 0 Å². The first-order valence-corrected chi connectivity index (χ1v) is 2.76. The van der Waals surface area contributed by atoms with E-state index in [4.69, 9.17) is 34.3 Å². The maximum Gasteiger partial charge on any atom is 0.340 e. The third-order valence-electron chi connectivity index (χ3n) is 0.617. The number of hydrogen-bond acceptors (Lipinski definition) is 4. The van der Waals surface area contributed by atoms with E-state index >= 15 is 0 Å². The highest BCUT2D eigenvalue weighted by Crippen LogP contribution is 2.07. The first kappa shape index (κ1) is 9.19. The van der Waals surface area contributed by atoms with Gasteiger partial charge in [0.25, 0.3) is 0 Å². The number of hydrogen-bond donors (Lipinski definition) is 2. The van der Waals surface area contributed by atoms with Crippen LogP contribution < -0.4 is 5.73 Å².